The van der Waals surface area contributed by atoms with Crippen LogP contribution in [0.4, 0.5) is 11.8 Å². The number of hydrogen-bond acceptors (Lipinski definition) is 7. The summed E-state index contributed by atoms with van der Waals surface area (Å²) in [6, 6.07) is 2.36. The lowest BCUT2D eigenvalue weighted by Gasteiger charge is -2.32. The number of fused-ring (bicyclic) bond motifs is 1. The first-order chi connectivity index (χ1) is 12.7. The van der Waals surface area contributed by atoms with Crippen LogP contribution < -0.4 is 10.2 Å². The average Bonchev–Trinajstić information content (AvgIpc) is 3.15. The zero-order chi connectivity index (χ0) is 17.9. The van der Waals surface area contributed by atoms with E-state index in [-0.39, 0.29) is 0 Å². The lowest BCUT2D eigenvalue weighted by molar-refractivity contribution is 0.122. The number of ether oxygens (including phenoxy) is 1. The molecule has 0 bridgehead atoms. The average molecular weight is 357 g/mol. The lowest BCUT2D eigenvalue weighted by Crippen LogP contribution is -2.38. The van der Waals surface area contributed by atoms with Gasteiger partial charge in [0.15, 0.2) is 0 Å². The predicted molar refractivity (Wildman–Crippen MR) is 100 cm³/mol. The number of nitrogens with zero attached hydrogens (tertiary/aromatic N) is 4. The molecule has 2 aromatic heterocycles. The number of anilines is 2. The number of aromatic nitrogens is 2. The molecule has 0 atom stereocenters. The Morgan fingerprint density at radius 2 is 2.04 bits per heavy atom. The van der Waals surface area contributed by atoms with Crippen LogP contribution in [0.2, 0.25) is 0 Å². The van der Waals surface area contributed by atoms with Crippen LogP contribution in [0, 0.1) is 0 Å². The summed E-state index contributed by atoms with van der Waals surface area (Å²) in [6.07, 6.45) is 4.50. The van der Waals surface area contributed by atoms with E-state index in [1.807, 2.05) is 12.3 Å². The summed E-state index contributed by atoms with van der Waals surface area (Å²) in [7, 11) is 0. The monoisotopic (exact) mass is 357 g/mol. The predicted octanol–water partition coefficient (Wildman–Crippen LogP) is 2.28. The third kappa shape index (κ3) is 3.83. The van der Waals surface area contributed by atoms with Crippen molar-refractivity contribution in [3.63, 3.8) is 0 Å². The molecule has 0 saturated carbocycles. The quantitative estimate of drug-likeness (QED) is 0.880. The smallest absolute Gasteiger partial charge is 0.227 e. The third-order valence-electron chi connectivity index (χ3n) is 4.83. The van der Waals surface area contributed by atoms with Crippen molar-refractivity contribution in [3.8, 4) is 0 Å². The molecule has 2 aliphatic heterocycles. The van der Waals surface area contributed by atoms with Gasteiger partial charge in [-0.3, -0.25) is 4.90 Å². The Morgan fingerprint density at radius 3 is 2.77 bits per heavy atom. The molecule has 0 aliphatic carbocycles. The normalized spacial score (nSPS) is 18.2. The molecular weight excluding hydrogens is 330 g/mol. The maximum Gasteiger partial charge on any atom is 0.227 e. The summed E-state index contributed by atoms with van der Waals surface area (Å²) >= 11 is 0. The number of hydrogen-bond donors (Lipinski definition) is 1. The van der Waals surface area contributed by atoms with Crippen molar-refractivity contribution in [2.75, 3.05) is 43.1 Å². The van der Waals surface area contributed by atoms with Crippen LogP contribution >= 0.6 is 0 Å². The zero-order valence-electron chi connectivity index (χ0n) is 15.6. The standard InChI is InChI=1S/C19H27N5O2/c1-14(2)20-18-16-12-23(11-15-4-8-26-13-15)5-3-17(16)21-19(22-18)24-6-9-25-10-7-24/h4,8,13-14H,3,5-7,9-12H2,1-2H3,(H,20,21,22). The van der Waals surface area contributed by atoms with E-state index in [4.69, 9.17) is 19.1 Å². The second kappa shape index (κ2) is 7.63. The molecule has 26 heavy (non-hydrogen) atoms. The summed E-state index contributed by atoms with van der Waals surface area (Å²) in [6.45, 7) is 10.2. The van der Waals surface area contributed by atoms with E-state index in [1.165, 1.54) is 16.8 Å². The Balaban J connectivity index is 1.59. The minimum Gasteiger partial charge on any atom is -0.472 e. The van der Waals surface area contributed by atoms with E-state index < -0.39 is 0 Å². The molecule has 0 spiro atoms. The van der Waals surface area contributed by atoms with Crippen molar-refractivity contribution in [2.45, 2.75) is 39.4 Å². The third-order valence-corrected chi connectivity index (χ3v) is 4.83. The van der Waals surface area contributed by atoms with Gasteiger partial charge in [-0.15, -0.1) is 0 Å². The number of rotatable bonds is 5. The van der Waals surface area contributed by atoms with Gasteiger partial charge in [0, 0.05) is 56.3 Å². The maximum atomic E-state index is 5.47. The highest BCUT2D eigenvalue weighted by molar-refractivity contribution is 5.53. The molecule has 140 valence electrons. The van der Waals surface area contributed by atoms with Crippen molar-refractivity contribution in [1.29, 1.82) is 0 Å². The summed E-state index contributed by atoms with van der Waals surface area (Å²) in [5.41, 5.74) is 3.61. The van der Waals surface area contributed by atoms with Gasteiger partial charge in [0.1, 0.15) is 5.82 Å². The molecule has 1 N–H and O–H groups in total. The van der Waals surface area contributed by atoms with E-state index in [1.54, 1.807) is 6.26 Å². The molecule has 0 radical (unpaired) electrons. The Bertz CT molecular complexity index is 726. The fourth-order valence-electron chi connectivity index (χ4n) is 3.53. The van der Waals surface area contributed by atoms with Gasteiger partial charge in [-0.2, -0.15) is 4.98 Å². The molecule has 2 aromatic rings. The van der Waals surface area contributed by atoms with Gasteiger partial charge in [0.25, 0.3) is 0 Å². The van der Waals surface area contributed by atoms with Crippen LogP contribution in [0.5, 0.6) is 0 Å². The Kier molecular flexibility index (Phi) is 5.08. The first-order valence-corrected chi connectivity index (χ1v) is 9.41. The number of nitrogens with one attached hydrogen (secondary N) is 1. The summed E-state index contributed by atoms with van der Waals surface area (Å²) in [4.78, 5) is 14.5. The van der Waals surface area contributed by atoms with E-state index in [9.17, 15) is 0 Å². The summed E-state index contributed by atoms with van der Waals surface area (Å²) in [5, 5.41) is 3.54. The molecule has 0 amide bonds. The molecule has 2 aliphatic rings. The molecule has 4 rings (SSSR count). The van der Waals surface area contributed by atoms with E-state index in [0.717, 1.165) is 64.1 Å². The van der Waals surface area contributed by atoms with Gasteiger partial charge in [-0.1, -0.05) is 0 Å². The van der Waals surface area contributed by atoms with E-state index >= 15 is 0 Å². The number of morpholine rings is 1. The highest BCUT2D eigenvalue weighted by Crippen LogP contribution is 2.28. The first-order valence-electron chi connectivity index (χ1n) is 9.41. The van der Waals surface area contributed by atoms with Gasteiger partial charge in [0.05, 0.1) is 31.4 Å². The summed E-state index contributed by atoms with van der Waals surface area (Å²) in [5.74, 6) is 1.81. The second-order valence-electron chi connectivity index (χ2n) is 7.29. The fraction of sp³-hybridized carbons (Fsp3) is 0.579. The van der Waals surface area contributed by atoms with Crippen molar-refractivity contribution >= 4 is 11.8 Å². The van der Waals surface area contributed by atoms with Crippen LogP contribution in [-0.2, 0) is 24.2 Å². The molecule has 1 saturated heterocycles. The minimum atomic E-state index is 0.329. The van der Waals surface area contributed by atoms with Crippen LogP contribution in [-0.4, -0.2) is 53.8 Å². The van der Waals surface area contributed by atoms with Crippen LogP contribution in [0.25, 0.3) is 0 Å². The Morgan fingerprint density at radius 1 is 1.19 bits per heavy atom. The molecule has 0 unspecified atom stereocenters. The highest BCUT2D eigenvalue weighted by Gasteiger charge is 2.25. The fourth-order valence-corrected chi connectivity index (χ4v) is 3.53. The van der Waals surface area contributed by atoms with Crippen molar-refractivity contribution in [3.05, 3.63) is 35.4 Å². The SMILES string of the molecule is CC(C)Nc1nc(N2CCOCC2)nc2c1CN(Cc1ccoc1)CC2. The molecule has 7 nitrogen and oxygen atoms in total. The summed E-state index contributed by atoms with van der Waals surface area (Å²) < 4.78 is 10.7. The zero-order valence-corrected chi connectivity index (χ0v) is 15.6. The van der Waals surface area contributed by atoms with Gasteiger partial charge in [-0.25, -0.2) is 4.98 Å². The Labute approximate surface area is 154 Å². The van der Waals surface area contributed by atoms with Crippen molar-refractivity contribution in [1.82, 2.24) is 14.9 Å². The van der Waals surface area contributed by atoms with Crippen molar-refractivity contribution in [2.24, 2.45) is 0 Å². The molecule has 4 heterocycles. The second-order valence-corrected chi connectivity index (χ2v) is 7.29. The van der Waals surface area contributed by atoms with Crippen LogP contribution in [0.1, 0.15) is 30.7 Å². The van der Waals surface area contributed by atoms with E-state index in [0.29, 0.717) is 6.04 Å². The molecule has 1 fully saturated rings. The Hall–Kier alpha value is -2.12. The lowest BCUT2D eigenvalue weighted by atomic mass is 10.1. The molecular formula is C19H27N5O2. The first kappa shape index (κ1) is 17.3. The molecule has 0 aromatic carbocycles. The van der Waals surface area contributed by atoms with Crippen LogP contribution in [0.3, 0.4) is 0 Å². The van der Waals surface area contributed by atoms with Crippen molar-refractivity contribution < 1.29 is 9.15 Å². The van der Waals surface area contributed by atoms with E-state index in [2.05, 4.69) is 29.0 Å². The maximum absolute atomic E-state index is 5.47. The van der Waals surface area contributed by atoms with Gasteiger partial charge in [0.2, 0.25) is 5.95 Å². The van der Waals surface area contributed by atoms with Gasteiger partial charge < -0.3 is 19.4 Å². The van der Waals surface area contributed by atoms with Crippen LogP contribution in [0.15, 0.2) is 23.0 Å². The topological polar surface area (TPSA) is 66.7 Å². The molecule has 7 heteroatoms. The minimum absolute atomic E-state index is 0.329. The van der Waals surface area contributed by atoms with Gasteiger partial charge >= 0.3 is 0 Å². The number of furan rings is 1. The highest BCUT2D eigenvalue weighted by atomic mass is 16.5. The largest absolute Gasteiger partial charge is 0.472 e. The van der Waals surface area contributed by atoms with Gasteiger partial charge in [-0.05, 0) is 19.9 Å².